The summed E-state index contributed by atoms with van der Waals surface area (Å²) in [6.07, 6.45) is 3.94. The van der Waals surface area contributed by atoms with Crippen molar-refractivity contribution < 1.29 is 9.53 Å². The monoisotopic (exact) mass is 267 g/mol. The predicted molar refractivity (Wildman–Crippen MR) is 73.1 cm³/mol. The fraction of sp³-hybridized carbons (Fsp3) is 0.929. The number of rotatable bonds is 3. The van der Waals surface area contributed by atoms with Crippen molar-refractivity contribution >= 4 is 6.03 Å². The van der Waals surface area contributed by atoms with Crippen molar-refractivity contribution in [2.45, 2.75) is 25.4 Å². The summed E-state index contributed by atoms with van der Waals surface area (Å²) >= 11 is 0. The molecule has 0 N–H and O–H groups in total. The molecule has 0 unspecified atom stereocenters. The number of likely N-dealkylation sites (N-methyl/N-ethyl adjacent to an activating group) is 1. The van der Waals surface area contributed by atoms with Crippen LogP contribution in [0.4, 0.5) is 4.79 Å². The van der Waals surface area contributed by atoms with Crippen LogP contribution in [-0.4, -0.2) is 79.8 Å². The summed E-state index contributed by atoms with van der Waals surface area (Å²) in [6.45, 7) is 6.25. The lowest BCUT2D eigenvalue weighted by molar-refractivity contribution is 0.0514. The molecular weight excluding hydrogens is 242 g/mol. The molecule has 3 rings (SSSR count). The Balaban J connectivity index is 1.42. The third-order valence-electron chi connectivity index (χ3n) is 4.45. The molecule has 0 spiro atoms. The highest BCUT2D eigenvalue weighted by Crippen LogP contribution is 2.30. The molecule has 0 aromatic rings. The molecule has 2 heterocycles. The molecule has 1 aliphatic carbocycles. The Kier molecular flexibility index (Phi) is 3.93. The molecular formula is C14H25N3O2. The highest BCUT2D eigenvalue weighted by molar-refractivity contribution is 5.75. The zero-order valence-electron chi connectivity index (χ0n) is 11.9. The van der Waals surface area contributed by atoms with Crippen LogP contribution >= 0.6 is 0 Å². The molecule has 2 amide bonds. The van der Waals surface area contributed by atoms with Gasteiger partial charge in [0.15, 0.2) is 0 Å². The van der Waals surface area contributed by atoms with E-state index in [-0.39, 0.29) is 12.1 Å². The summed E-state index contributed by atoms with van der Waals surface area (Å²) in [6, 6.07) is 0.214. The number of amides is 2. The lowest BCUT2D eigenvalue weighted by Gasteiger charge is -2.34. The van der Waals surface area contributed by atoms with Crippen molar-refractivity contribution in [3.63, 3.8) is 0 Å². The average molecular weight is 267 g/mol. The zero-order valence-corrected chi connectivity index (χ0v) is 11.9. The lowest BCUT2D eigenvalue weighted by atomic mass is 10.3. The van der Waals surface area contributed by atoms with Gasteiger partial charge in [0.1, 0.15) is 0 Å². The van der Waals surface area contributed by atoms with E-state index in [1.54, 1.807) is 0 Å². The maximum absolute atomic E-state index is 12.4. The summed E-state index contributed by atoms with van der Waals surface area (Å²) in [5.74, 6) is 0.808. The van der Waals surface area contributed by atoms with Gasteiger partial charge in [0.05, 0.1) is 6.10 Å². The van der Waals surface area contributed by atoms with E-state index in [1.807, 2.05) is 9.80 Å². The molecule has 5 nitrogen and oxygen atoms in total. The van der Waals surface area contributed by atoms with E-state index in [0.717, 1.165) is 58.2 Å². The van der Waals surface area contributed by atoms with Gasteiger partial charge in [-0.3, -0.25) is 0 Å². The topological polar surface area (TPSA) is 36.0 Å². The minimum absolute atomic E-state index is 0.214. The Morgan fingerprint density at radius 1 is 1.05 bits per heavy atom. The van der Waals surface area contributed by atoms with E-state index in [2.05, 4.69) is 11.9 Å². The molecule has 5 heteroatoms. The maximum atomic E-state index is 12.4. The van der Waals surface area contributed by atoms with Crippen LogP contribution in [0.25, 0.3) is 0 Å². The van der Waals surface area contributed by atoms with Crippen molar-refractivity contribution in [2.24, 2.45) is 5.92 Å². The van der Waals surface area contributed by atoms with Gasteiger partial charge in [-0.15, -0.1) is 0 Å². The lowest BCUT2D eigenvalue weighted by Crippen LogP contribution is -2.51. The smallest absolute Gasteiger partial charge is 0.320 e. The highest BCUT2D eigenvalue weighted by Gasteiger charge is 2.32. The number of hydrogen-bond donors (Lipinski definition) is 0. The molecule has 1 atom stereocenters. The number of nitrogens with zero attached hydrogens (tertiary/aromatic N) is 3. The van der Waals surface area contributed by atoms with Gasteiger partial charge in [0, 0.05) is 45.9 Å². The third kappa shape index (κ3) is 3.39. The van der Waals surface area contributed by atoms with Crippen molar-refractivity contribution in [1.29, 1.82) is 0 Å². The number of piperazine rings is 1. The van der Waals surface area contributed by atoms with Crippen LogP contribution in [-0.2, 0) is 4.74 Å². The first kappa shape index (κ1) is 13.2. The normalized spacial score (nSPS) is 29.0. The molecule has 2 aliphatic heterocycles. The van der Waals surface area contributed by atoms with E-state index in [4.69, 9.17) is 4.74 Å². The van der Waals surface area contributed by atoms with Crippen LogP contribution in [0.3, 0.4) is 0 Å². The van der Waals surface area contributed by atoms with Crippen molar-refractivity contribution in [2.75, 3.05) is 52.9 Å². The predicted octanol–water partition coefficient (Wildman–Crippen LogP) is 0.855. The number of carbonyl (C=O) groups is 1. The number of hydrogen-bond acceptors (Lipinski definition) is 3. The third-order valence-corrected chi connectivity index (χ3v) is 4.45. The first-order chi connectivity index (χ1) is 9.22. The Hall–Kier alpha value is -0.810. The zero-order chi connectivity index (χ0) is 13.2. The Morgan fingerprint density at radius 3 is 2.47 bits per heavy atom. The molecule has 3 fully saturated rings. The first-order valence-electron chi connectivity index (χ1n) is 7.56. The van der Waals surface area contributed by atoms with E-state index in [0.29, 0.717) is 0 Å². The van der Waals surface area contributed by atoms with E-state index >= 15 is 0 Å². The second-order valence-corrected chi connectivity index (χ2v) is 6.21. The molecule has 108 valence electrons. The molecule has 0 aromatic heterocycles. The van der Waals surface area contributed by atoms with Crippen molar-refractivity contribution in [1.82, 2.24) is 14.7 Å². The molecule has 1 saturated carbocycles. The fourth-order valence-electron chi connectivity index (χ4n) is 2.79. The minimum Gasteiger partial charge on any atom is -0.376 e. The minimum atomic E-state index is 0.214. The number of likely N-dealkylation sites (tertiary alicyclic amines) is 1. The van der Waals surface area contributed by atoms with Gasteiger partial charge in [-0.1, -0.05) is 0 Å². The molecule has 3 aliphatic rings. The number of carbonyl (C=O) groups excluding carboxylic acids is 1. The fourth-order valence-corrected chi connectivity index (χ4v) is 2.79. The van der Waals surface area contributed by atoms with Gasteiger partial charge >= 0.3 is 6.03 Å². The van der Waals surface area contributed by atoms with Crippen LogP contribution < -0.4 is 0 Å². The van der Waals surface area contributed by atoms with E-state index in [1.165, 1.54) is 12.8 Å². The quantitative estimate of drug-likeness (QED) is 0.761. The molecule has 0 bridgehead atoms. The Morgan fingerprint density at radius 2 is 1.79 bits per heavy atom. The van der Waals surface area contributed by atoms with E-state index < -0.39 is 0 Å². The maximum Gasteiger partial charge on any atom is 0.320 e. The van der Waals surface area contributed by atoms with Gasteiger partial charge in [-0.2, -0.15) is 0 Å². The van der Waals surface area contributed by atoms with Gasteiger partial charge in [0.25, 0.3) is 0 Å². The summed E-state index contributed by atoms with van der Waals surface area (Å²) in [5.41, 5.74) is 0. The van der Waals surface area contributed by atoms with Gasteiger partial charge < -0.3 is 19.4 Å². The first-order valence-corrected chi connectivity index (χ1v) is 7.56. The van der Waals surface area contributed by atoms with Gasteiger partial charge in [-0.05, 0) is 32.2 Å². The summed E-state index contributed by atoms with van der Waals surface area (Å²) in [5, 5.41) is 0. The van der Waals surface area contributed by atoms with E-state index in [9.17, 15) is 4.79 Å². The van der Waals surface area contributed by atoms with Crippen LogP contribution in [0.15, 0.2) is 0 Å². The van der Waals surface area contributed by atoms with Crippen LogP contribution in [0, 0.1) is 5.92 Å². The molecule has 19 heavy (non-hydrogen) atoms. The van der Waals surface area contributed by atoms with Gasteiger partial charge in [0.2, 0.25) is 0 Å². The largest absolute Gasteiger partial charge is 0.376 e. The van der Waals surface area contributed by atoms with Crippen molar-refractivity contribution in [3.8, 4) is 0 Å². The van der Waals surface area contributed by atoms with Gasteiger partial charge in [-0.25, -0.2) is 4.79 Å². The molecule has 2 saturated heterocycles. The highest BCUT2D eigenvalue weighted by atomic mass is 16.5. The number of urea groups is 1. The van der Waals surface area contributed by atoms with Crippen LogP contribution in [0.5, 0.6) is 0 Å². The SMILES string of the molecule is CN1CCN(C(=O)N2CC[C@@H](OCC3CC3)C2)CC1. The Labute approximate surface area is 115 Å². The molecule has 0 aromatic carbocycles. The summed E-state index contributed by atoms with van der Waals surface area (Å²) < 4.78 is 5.89. The number of ether oxygens (including phenoxy) is 1. The standard InChI is InChI=1S/C14H25N3O2/c1-15-6-8-16(9-7-15)14(18)17-5-4-13(10-17)19-11-12-2-3-12/h12-13H,2-11H2,1H3/t13-/m1/s1. The van der Waals surface area contributed by atoms with Crippen LogP contribution in [0.2, 0.25) is 0 Å². The molecule has 0 radical (unpaired) electrons. The average Bonchev–Trinajstić information content (AvgIpc) is 3.13. The van der Waals surface area contributed by atoms with Crippen molar-refractivity contribution in [3.05, 3.63) is 0 Å². The second-order valence-electron chi connectivity index (χ2n) is 6.21. The summed E-state index contributed by atoms with van der Waals surface area (Å²) in [4.78, 5) is 18.6. The van der Waals surface area contributed by atoms with Crippen LogP contribution in [0.1, 0.15) is 19.3 Å². The second kappa shape index (κ2) is 5.67. The Bertz CT molecular complexity index is 325. The summed E-state index contributed by atoms with van der Waals surface area (Å²) in [7, 11) is 2.11.